The van der Waals surface area contributed by atoms with E-state index < -0.39 is 26.7 Å². The minimum Gasteiger partial charge on any atom is -0.338 e. The fourth-order valence-electron chi connectivity index (χ4n) is 1.87. The van der Waals surface area contributed by atoms with E-state index in [1.165, 1.54) is 6.07 Å². The number of hydrogen-bond acceptors (Lipinski definition) is 5. The van der Waals surface area contributed by atoms with Crippen molar-refractivity contribution < 1.29 is 26.1 Å². The SMILES string of the molecule is CCc1noc(CN(C)S(=O)(=O)c2ccccc2C(F)(F)F)n1. The lowest BCUT2D eigenvalue weighted by atomic mass is 10.2. The van der Waals surface area contributed by atoms with E-state index in [9.17, 15) is 21.6 Å². The van der Waals surface area contributed by atoms with Gasteiger partial charge in [0.25, 0.3) is 0 Å². The highest BCUT2D eigenvalue weighted by molar-refractivity contribution is 7.89. The lowest BCUT2D eigenvalue weighted by molar-refractivity contribution is -0.139. The van der Waals surface area contributed by atoms with Crippen molar-refractivity contribution in [1.82, 2.24) is 14.4 Å². The van der Waals surface area contributed by atoms with E-state index in [4.69, 9.17) is 4.52 Å². The summed E-state index contributed by atoms with van der Waals surface area (Å²) in [7, 11) is -3.21. The van der Waals surface area contributed by atoms with Crippen LogP contribution >= 0.6 is 0 Å². The highest BCUT2D eigenvalue weighted by atomic mass is 32.2. The maximum atomic E-state index is 13.0. The van der Waals surface area contributed by atoms with Gasteiger partial charge in [0, 0.05) is 13.5 Å². The number of aryl methyl sites for hydroxylation is 1. The monoisotopic (exact) mass is 349 g/mol. The maximum Gasteiger partial charge on any atom is 0.417 e. The third-order valence-corrected chi connectivity index (χ3v) is 4.93. The Labute approximate surface area is 131 Å². The van der Waals surface area contributed by atoms with Crippen molar-refractivity contribution in [3.8, 4) is 0 Å². The average molecular weight is 349 g/mol. The van der Waals surface area contributed by atoms with Gasteiger partial charge in [0.05, 0.1) is 17.0 Å². The molecular weight excluding hydrogens is 335 g/mol. The van der Waals surface area contributed by atoms with Crippen molar-refractivity contribution in [2.75, 3.05) is 7.05 Å². The van der Waals surface area contributed by atoms with Crippen LogP contribution in [0.1, 0.15) is 24.2 Å². The predicted octanol–water partition coefficient (Wildman–Crippen LogP) is 2.47. The second-order valence-electron chi connectivity index (χ2n) is 4.71. The topological polar surface area (TPSA) is 76.3 Å². The smallest absolute Gasteiger partial charge is 0.338 e. The van der Waals surface area contributed by atoms with Gasteiger partial charge in [-0.3, -0.25) is 0 Å². The lowest BCUT2D eigenvalue weighted by Gasteiger charge is -2.18. The molecule has 126 valence electrons. The molecule has 0 aliphatic rings. The van der Waals surface area contributed by atoms with Crippen LogP contribution in [0.5, 0.6) is 0 Å². The molecule has 0 atom stereocenters. The molecule has 0 saturated carbocycles. The summed E-state index contributed by atoms with van der Waals surface area (Å²) in [5, 5.41) is 3.61. The zero-order valence-electron chi connectivity index (χ0n) is 12.3. The Hall–Kier alpha value is -1.94. The number of benzene rings is 1. The van der Waals surface area contributed by atoms with Crippen LogP contribution in [0.15, 0.2) is 33.7 Å². The minimum absolute atomic E-state index is 0.0115. The van der Waals surface area contributed by atoms with Crippen LogP contribution in [0.25, 0.3) is 0 Å². The molecule has 0 radical (unpaired) electrons. The molecule has 2 aromatic rings. The molecule has 23 heavy (non-hydrogen) atoms. The molecule has 0 fully saturated rings. The van der Waals surface area contributed by atoms with E-state index in [1.54, 1.807) is 6.92 Å². The zero-order chi connectivity index (χ0) is 17.3. The largest absolute Gasteiger partial charge is 0.417 e. The number of rotatable bonds is 5. The van der Waals surface area contributed by atoms with Crippen LogP contribution in [0, 0.1) is 0 Å². The van der Waals surface area contributed by atoms with Gasteiger partial charge in [-0.15, -0.1) is 0 Å². The van der Waals surface area contributed by atoms with Crippen molar-refractivity contribution >= 4 is 10.0 Å². The first-order chi connectivity index (χ1) is 10.7. The number of halogens is 3. The molecule has 1 aromatic heterocycles. The molecule has 10 heteroatoms. The van der Waals surface area contributed by atoms with Crippen LogP contribution in [0.2, 0.25) is 0 Å². The molecule has 0 N–H and O–H groups in total. The number of hydrogen-bond donors (Lipinski definition) is 0. The standard InChI is InChI=1S/C13H14F3N3O3S/c1-3-11-17-12(22-18-11)8-19(2)23(20,21)10-7-5-4-6-9(10)13(14,15)16/h4-7H,3,8H2,1-2H3. The number of aromatic nitrogens is 2. The molecule has 0 unspecified atom stereocenters. The van der Waals surface area contributed by atoms with Gasteiger partial charge in [-0.05, 0) is 12.1 Å². The molecule has 0 aliphatic heterocycles. The molecule has 1 aromatic carbocycles. The Kier molecular flexibility index (Phi) is 4.76. The van der Waals surface area contributed by atoms with Crippen molar-refractivity contribution in [3.05, 3.63) is 41.5 Å². The van der Waals surface area contributed by atoms with E-state index in [0.717, 1.165) is 29.6 Å². The third-order valence-electron chi connectivity index (χ3n) is 3.06. The second kappa shape index (κ2) is 6.28. The molecule has 6 nitrogen and oxygen atoms in total. The Bertz CT molecular complexity index is 787. The van der Waals surface area contributed by atoms with Gasteiger partial charge >= 0.3 is 6.18 Å². The normalized spacial score (nSPS) is 12.8. The molecule has 0 bridgehead atoms. The summed E-state index contributed by atoms with van der Waals surface area (Å²) in [5.74, 6) is 0.402. The molecule has 0 saturated heterocycles. The van der Waals surface area contributed by atoms with Crippen LogP contribution < -0.4 is 0 Å². The highest BCUT2D eigenvalue weighted by Crippen LogP contribution is 2.35. The van der Waals surface area contributed by atoms with Crippen molar-refractivity contribution in [1.29, 1.82) is 0 Å². The number of alkyl halides is 3. The highest BCUT2D eigenvalue weighted by Gasteiger charge is 2.38. The quantitative estimate of drug-likeness (QED) is 0.829. The first kappa shape index (κ1) is 17.4. The van der Waals surface area contributed by atoms with Gasteiger partial charge in [0.2, 0.25) is 15.9 Å². The summed E-state index contributed by atoms with van der Waals surface area (Å²) < 4.78 is 69.4. The van der Waals surface area contributed by atoms with E-state index in [1.807, 2.05) is 0 Å². The van der Waals surface area contributed by atoms with Crippen LogP contribution in [-0.4, -0.2) is 29.9 Å². The Morgan fingerprint density at radius 1 is 1.26 bits per heavy atom. The van der Waals surface area contributed by atoms with E-state index in [0.29, 0.717) is 12.2 Å². The lowest BCUT2D eigenvalue weighted by Crippen LogP contribution is -2.28. The summed E-state index contributed by atoms with van der Waals surface area (Å²) in [5.41, 5.74) is -1.22. The fourth-order valence-corrected chi connectivity index (χ4v) is 3.20. The zero-order valence-corrected chi connectivity index (χ0v) is 13.1. The van der Waals surface area contributed by atoms with Crippen molar-refractivity contribution in [2.45, 2.75) is 31.0 Å². The molecule has 1 heterocycles. The predicted molar refractivity (Wildman–Crippen MR) is 73.8 cm³/mol. The first-order valence-electron chi connectivity index (χ1n) is 6.60. The van der Waals surface area contributed by atoms with Gasteiger partial charge in [-0.1, -0.05) is 24.2 Å². The van der Waals surface area contributed by atoms with Gasteiger partial charge in [0.1, 0.15) is 0 Å². The summed E-state index contributed by atoms with van der Waals surface area (Å²) in [4.78, 5) is 3.13. The van der Waals surface area contributed by atoms with E-state index >= 15 is 0 Å². The van der Waals surface area contributed by atoms with Crippen LogP contribution in [0.4, 0.5) is 13.2 Å². The average Bonchev–Trinajstić information content (AvgIpc) is 2.94. The first-order valence-corrected chi connectivity index (χ1v) is 8.04. The Morgan fingerprint density at radius 2 is 1.91 bits per heavy atom. The number of nitrogens with zero attached hydrogens (tertiary/aromatic N) is 3. The third kappa shape index (κ3) is 3.70. The van der Waals surface area contributed by atoms with Gasteiger partial charge in [-0.2, -0.15) is 22.5 Å². The van der Waals surface area contributed by atoms with Crippen LogP contribution in [-0.2, 0) is 29.2 Å². The maximum absolute atomic E-state index is 13.0. The van der Waals surface area contributed by atoms with Gasteiger partial charge in [-0.25, -0.2) is 8.42 Å². The van der Waals surface area contributed by atoms with Gasteiger partial charge in [0.15, 0.2) is 5.82 Å². The van der Waals surface area contributed by atoms with Crippen LogP contribution in [0.3, 0.4) is 0 Å². The van der Waals surface area contributed by atoms with E-state index in [-0.39, 0.29) is 12.4 Å². The van der Waals surface area contributed by atoms with Crippen molar-refractivity contribution in [2.24, 2.45) is 0 Å². The number of sulfonamides is 1. The Morgan fingerprint density at radius 3 is 2.48 bits per heavy atom. The fraction of sp³-hybridized carbons (Fsp3) is 0.385. The molecule has 2 rings (SSSR count). The summed E-state index contributed by atoms with van der Waals surface area (Å²) >= 11 is 0. The van der Waals surface area contributed by atoms with E-state index in [2.05, 4.69) is 10.1 Å². The summed E-state index contributed by atoms with van der Waals surface area (Å²) in [6, 6.07) is 4.01. The van der Waals surface area contributed by atoms with Gasteiger partial charge < -0.3 is 4.52 Å². The summed E-state index contributed by atoms with van der Waals surface area (Å²) in [6.45, 7) is 1.47. The summed E-state index contributed by atoms with van der Waals surface area (Å²) in [6.07, 6.45) is -4.28. The molecular formula is C13H14F3N3O3S. The molecule has 0 spiro atoms. The molecule has 0 aliphatic carbocycles. The second-order valence-corrected chi connectivity index (χ2v) is 6.73. The molecule has 0 amide bonds. The minimum atomic E-state index is -4.77. The Balaban J connectivity index is 2.34. The van der Waals surface area contributed by atoms with Crippen molar-refractivity contribution in [3.63, 3.8) is 0 Å².